The molecule has 0 saturated carbocycles. The fourth-order valence-electron chi connectivity index (χ4n) is 2.90. The van der Waals surface area contributed by atoms with E-state index in [1.165, 1.54) is 22.9 Å². The molecule has 3 aromatic carbocycles. The molecule has 1 amide bonds. The van der Waals surface area contributed by atoms with Crippen molar-refractivity contribution in [2.75, 3.05) is 5.32 Å². The molecule has 10 heteroatoms. The summed E-state index contributed by atoms with van der Waals surface area (Å²) in [5.74, 6) is -3.19. The van der Waals surface area contributed by atoms with Crippen LogP contribution in [0.3, 0.4) is 0 Å². The van der Waals surface area contributed by atoms with E-state index in [1.54, 1.807) is 36.4 Å². The number of halogens is 4. The largest absolute Gasteiger partial charge is 0.321 e. The Bertz CT molecular complexity index is 1260. The summed E-state index contributed by atoms with van der Waals surface area (Å²) < 4.78 is 42.7. The minimum Gasteiger partial charge on any atom is -0.321 e. The van der Waals surface area contributed by atoms with E-state index in [-0.39, 0.29) is 17.6 Å². The number of rotatable bonds is 6. The maximum absolute atomic E-state index is 14.0. The molecule has 4 rings (SSSR count). The maximum Gasteiger partial charge on any atom is 0.261 e. The first-order chi connectivity index (χ1) is 15.4. The minimum atomic E-state index is -0.960. The van der Waals surface area contributed by atoms with E-state index in [0.29, 0.717) is 15.7 Å². The fourth-order valence-corrected chi connectivity index (χ4v) is 4.04. The number of aromatic nitrogens is 3. The third kappa shape index (κ3) is 4.95. The summed E-state index contributed by atoms with van der Waals surface area (Å²) in [7, 11) is 0. The van der Waals surface area contributed by atoms with E-state index in [1.807, 2.05) is 0 Å². The fraction of sp³-hybridized carbons (Fsp3) is 0.0455. The second-order valence-electron chi connectivity index (χ2n) is 6.60. The highest BCUT2D eigenvalue weighted by Crippen LogP contribution is 2.33. The smallest absolute Gasteiger partial charge is 0.261 e. The molecular formula is C22H14ClF3N4OS. The Morgan fingerprint density at radius 1 is 0.969 bits per heavy atom. The molecule has 0 unspecified atom stereocenters. The number of hydrogen-bond donors (Lipinski definition) is 1. The Morgan fingerprint density at radius 2 is 1.66 bits per heavy atom. The number of carbonyl (C=O) groups is 1. The van der Waals surface area contributed by atoms with Crippen LogP contribution < -0.4 is 5.32 Å². The first kappa shape index (κ1) is 21.9. The molecule has 0 fully saturated rings. The monoisotopic (exact) mass is 474 g/mol. The Morgan fingerprint density at radius 3 is 2.38 bits per heavy atom. The number of anilines is 1. The van der Waals surface area contributed by atoms with Crippen molar-refractivity contribution in [3.8, 4) is 0 Å². The van der Waals surface area contributed by atoms with Crippen molar-refractivity contribution in [2.45, 2.75) is 16.6 Å². The second kappa shape index (κ2) is 9.46. The van der Waals surface area contributed by atoms with Gasteiger partial charge in [-0.05, 0) is 65.3 Å². The van der Waals surface area contributed by atoms with Gasteiger partial charge < -0.3 is 5.32 Å². The maximum atomic E-state index is 14.0. The highest BCUT2D eigenvalue weighted by atomic mass is 35.5. The third-order valence-electron chi connectivity index (χ3n) is 4.38. The van der Waals surface area contributed by atoms with E-state index in [9.17, 15) is 18.0 Å². The average molecular weight is 475 g/mol. The van der Waals surface area contributed by atoms with Crippen LogP contribution in [0.2, 0.25) is 5.28 Å². The van der Waals surface area contributed by atoms with Crippen LogP contribution in [-0.2, 0) is 6.54 Å². The van der Waals surface area contributed by atoms with Gasteiger partial charge in [0.1, 0.15) is 23.0 Å². The van der Waals surface area contributed by atoms with Gasteiger partial charge in [0.05, 0.1) is 12.2 Å². The SMILES string of the molecule is O=C(Nc1ccccc1Sc1nc(Cl)nn1Cc1ccc(F)cc1)c1c(F)cccc1F. The van der Waals surface area contributed by atoms with Crippen molar-refractivity contribution in [1.82, 2.24) is 14.8 Å². The summed E-state index contributed by atoms with van der Waals surface area (Å²) in [5.41, 5.74) is 0.443. The molecule has 0 radical (unpaired) electrons. The molecule has 4 aromatic rings. The summed E-state index contributed by atoms with van der Waals surface area (Å²) in [6, 6.07) is 15.9. The van der Waals surface area contributed by atoms with Gasteiger partial charge >= 0.3 is 0 Å². The van der Waals surface area contributed by atoms with Crippen LogP contribution >= 0.6 is 23.4 Å². The number of hydrogen-bond acceptors (Lipinski definition) is 4. The zero-order valence-corrected chi connectivity index (χ0v) is 17.8. The predicted molar refractivity (Wildman–Crippen MR) is 115 cm³/mol. The highest BCUT2D eigenvalue weighted by molar-refractivity contribution is 7.99. The van der Waals surface area contributed by atoms with Gasteiger partial charge in [-0.15, -0.1) is 5.10 Å². The molecule has 0 saturated heterocycles. The van der Waals surface area contributed by atoms with Crippen molar-refractivity contribution in [3.63, 3.8) is 0 Å². The van der Waals surface area contributed by atoms with Crippen LogP contribution in [0.5, 0.6) is 0 Å². The number of carbonyl (C=O) groups excluding carboxylic acids is 1. The zero-order chi connectivity index (χ0) is 22.7. The van der Waals surface area contributed by atoms with Crippen LogP contribution in [-0.4, -0.2) is 20.7 Å². The van der Waals surface area contributed by atoms with Crippen LogP contribution in [0.25, 0.3) is 0 Å². The van der Waals surface area contributed by atoms with Crippen LogP contribution in [0.4, 0.5) is 18.9 Å². The van der Waals surface area contributed by atoms with E-state index in [4.69, 9.17) is 11.6 Å². The number of benzene rings is 3. The molecular weight excluding hydrogens is 461 g/mol. The van der Waals surface area contributed by atoms with E-state index in [0.717, 1.165) is 29.5 Å². The molecule has 32 heavy (non-hydrogen) atoms. The van der Waals surface area contributed by atoms with Crippen molar-refractivity contribution < 1.29 is 18.0 Å². The van der Waals surface area contributed by atoms with E-state index < -0.39 is 23.1 Å². The number of nitrogens with zero attached hydrogens (tertiary/aromatic N) is 3. The number of amides is 1. The lowest BCUT2D eigenvalue weighted by molar-refractivity contribution is 0.101. The topological polar surface area (TPSA) is 59.8 Å². The van der Waals surface area contributed by atoms with Gasteiger partial charge in [-0.25, -0.2) is 17.9 Å². The van der Waals surface area contributed by atoms with Crippen molar-refractivity contribution in [2.24, 2.45) is 0 Å². The summed E-state index contributed by atoms with van der Waals surface area (Å²) in [6.07, 6.45) is 0. The summed E-state index contributed by atoms with van der Waals surface area (Å²) in [4.78, 5) is 17.3. The summed E-state index contributed by atoms with van der Waals surface area (Å²) in [6.45, 7) is 0.289. The standard InChI is InChI=1S/C22H14ClF3N4OS/c23-21-28-22(30(29-21)12-13-8-10-14(24)11-9-13)32-18-7-2-1-6-17(18)27-20(31)19-15(25)4-3-5-16(19)26/h1-11H,12H2,(H,27,31). The van der Waals surface area contributed by atoms with Gasteiger partial charge in [0.25, 0.3) is 5.91 Å². The lowest BCUT2D eigenvalue weighted by atomic mass is 10.2. The molecule has 0 atom stereocenters. The molecule has 162 valence electrons. The van der Waals surface area contributed by atoms with Crippen LogP contribution in [0.1, 0.15) is 15.9 Å². The molecule has 1 aromatic heterocycles. The Hall–Kier alpha value is -3.30. The van der Waals surface area contributed by atoms with Gasteiger partial charge in [0.15, 0.2) is 5.16 Å². The first-order valence-electron chi connectivity index (χ1n) is 9.28. The summed E-state index contributed by atoms with van der Waals surface area (Å²) >= 11 is 7.15. The number of para-hydroxylation sites is 1. The Kier molecular flexibility index (Phi) is 6.48. The van der Waals surface area contributed by atoms with Crippen molar-refractivity contribution >= 4 is 35.0 Å². The van der Waals surface area contributed by atoms with Crippen molar-refractivity contribution in [1.29, 1.82) is 0 Å². The first-order valence-corrected chi connectivity index (χ1v) is 10.5. The lowest BCUT2D eigenvalue weighted by Gasteiger charge is -2.12. The molecule has 1 N–H and O–H groups in total. The quantitative estimate of drug-likeness (QED) is 0.383. The lowest BCUT2D eigenvalue weighted by Crippen LogP contribution is -2.16. The summed E-state index contributed by atoms with van der Waals surface area (Å²) in [5, 5.41) is 7.13. The molecule has 0 aliphatic heterocycles. The minimum absolute atomic E-state index is 0.0181. The van der Waals surface area contributed by atoms with Crippen LogP contribution in [0, 0.1) is 17.5 Å². The third-order valence-corrected chi connectivity index (χ3v) is 5.60. The Labute approximate surface area is 190 Å². The molecule has 1 heterocycles. The van der Waals surface area contributed by atoms with Gasteiger partial charge in [-0.3, -0.25) is 4.79 Å². The van der Waals surface area contributed by atoms with E-state index in [2.05, 4.69) is 15.4 Å². The molecule has 0 aliphatic carbocycles. The molecule has 0 spiro atoms. The Balaban J connectivity index is 1.59. The molecule has 5 nitrogen and oxygen atoms in total. The van der Waals surface area contributed by atoms with Crippen LogP contribution in [0.15, 0.2) is 76.8 Å². The predicted octanol–water partition coefficient (Wildman–Crippen LogP) is 5.80. The van der Waals surface area contributed by atoms with Gasteiger partial charge in [0, 0.05) is 4.90 Å². The second-order valence-corrected chi connectivity index (χ2v) is 7.94. The average Bonchev–Trinajstić information content (AvgIpc) is 3.09. The van der Waals surface area contributed by atoms with E-state index >= 15 is 0 Å². The molecule has 0 aliphatic rings. The van der Waals surface area contributed by atoms with Gasteiger partial charge in [-0.2, -0.15) is 4.98 Å². The normalized spacial score (nSPS) is 10.9. The zero-order valence-electron chi connectivity index (χ0n) is 16.2. The molecule has 0 bridgehead atoms. The van der Waals surface area contributed by atoms with Gasteiger partial charge in [-0.1, -0.05) is 30.3 Å². The van der Waals surface area contributed by atoms with Gasteiger partial charge in [0.2, 0.25) is 5.28 Å². The highest BCUT2D eigenvalue weighted by Gasteiger charge is 2.19. The van der Waals surface area contributed by atoms with Crippen molar-refractivity contribution in [3.05, 3.63) is 101 Å². The number of nitrogens with one attached hydrogen (secondary N) is 1.